The van der Waals surface area contributed by atoms with E-state index in [1.165, 1.54) is 30.5 Å². The first-order valence-corrected chi connectivity index (χ1v) is 10.6. The number of hydrazine groups is 1. The summed E-state index contributed by atoms with van der Waals surface area (Å²) in [5.74, 6) is -1.50. The average molecular weight is 476 g/mol. The molecule has 0 aliphatic heterocycles. The lowest BCUT2D eigenvalue weighted by Gasteiger charge is -2.13. The van der Waals surface area contributed by atoms with E-state index in [1.54, 1.807) is 25.3 Å². The maximum absolute atomic E-state index is 12.7. The fraction of sp³-hybridized carbons (Fsp3) is 0.174. The molecule has 3 aromatic rings. The molecule has 1 aromatic carbocycles. The van der Waals surface area contributed by atoms with E-state index in [9.17, 15) is 24.5 Å². The lowest BCUT2D eigenvalue weighted by molar-refractivity contribution is -0.385. The Morgan fingerprint density at radius 1 is 1.06 bits per heavy atom. The van der Waals surface area contributed by atoms with E-state index >= 15 is 0 Å². The van der Waals surface area contributed by atoms with E-state index in [2.05, 4.69) is 26.4 Å². The van der Waals surface area contributed by atoms with Crippen molar-refractivity contribution in [3.05, 3.63) is 92.7 Å². The van der Waals surface area contributed by atoms with Gasteiger partial charge in [0.1, 0.15) is 11.3 Å². The summed E-state index contributed by atoms with van der Waals surface area (Å²) in [6, 6.07) is 8.62. The fourth-order valence-corrected chi connectivity index (χ4v) is 3.74. The van der Waals surface area contributed by atoms with E-state index in [0.717, 1.165) is 0 Å². The first-order valence-electron chi connectivity index (χ1n) is 10.6. The van der Waals surface area contributed by atoms with Gasteiger partial charge in [-0.25, -0.2) is 5.43 Å². The molecule has 3 amide bonds. The molecule has 0 bridgehead atoms. The first-order chi connectivity index (χ1) is 16.9. The van der Waals surface area contributed by atoms with Crippen molar-refractivity contribution < 1.29 is 23.7 Å². The summed E-state index contributed by atoms with van der Waals surface area (Å²) in [4.78, 5) is 51.8. The number of benzene rings is 1. The zero-order valence-electron chi connectivity index (χ0n) is 18.5. The Morgan fingerprint density at radius 2 is 1.83 bits per heavy atom. The van der Waals surface area contributed by atoms with Crippen LogP contribution in [0.4, 0.5) is 5.69 Å². The standard InChI is InChI=1S/C23H20N6O6/c1-13-19-16(25-26-21(30)14-6-5-11-24-12-14)8-4-10-18(19)35-20(13)23(32)28-27-22(31)15-7-2-3-9-17(15)29(33)34/h2-3,5-7,9,11-12H,4,8,10H2,1H3,(H,26,30)(H,27,31)(H,28,32)/b25-16+. The highest BCUT2D eigenvalue weighted by Crippen LogP contribution is 2.29. The molecular formula is C23H20N6O6. The third-order valence-electron chi connectivity index (χ3n) is 5.38. The van der Waals surface area contributed by atoms with E-state index in [-0.39, 0.29) is 11.3 Å². The largest absolute Gasteiger partial charge is 0.455 e. The highest BCUT2D eigenvalue weighted by Gasteiger charge is 2.29. The van der Waals surface area contributed by atoms with Gasteiger partial charge in [-0.15, -0.1) is 0 Å². The Bertz CT molecular complexity index is 1350. The molecule has 178 valence electrons. The van der Waals surface area contributed by atoms with Crippen molar-refractivity contribution in [2.24, 2.45) is 5.10 Å². The second-order valence-electron chi connectivity index (χ2n) is 7.63. The van der Waals surface area contributed by atoms with Crippen LogP contribution >= 0.6 is 0 Å². The van der Waals surface area contributed by atoms with Crippen LogP contribution in [0.3, 0.4) is 0 Å². The van der Waals surface area contributed by atoms with Crippen LogP contribution in [-0.4, -0.2) is 33.3 Å². The Balaban J connectivity index is 1.49. The maximum atomic E-state index is 12.7. The van der Waals surface area contributed by atoms with Crippen LogP contribution in [0.5, 0.6) is 0 Å². The summed E-state index contributed by atoms with van der Waals surface area (Å²) in [5.41, 5.74) is 8.34. The Hall–Kier alpha value is -4.87. The minimum atomic E-state index is -0.847. The number of fused-ring (bicyclic) bond motifs is 1. The van der Waals surface area contributed by atoms with E-state index in [1.807, 2.05) is 0 Å². The van der Waals surface area contributed by atoms with E-state index < -0.39 is 28.3 Å². The number of para-hydroxylation sites is 1. The molecule has 2 aromatic heterocycles. The topological polar surface area (TPSA) is 169 Å². The predicted molar refractivity (Wildman–Crippen MR) is 123 cm³/mol. The molecule has 0 fully saturated rings. The van der Waals surface area contributed by atoms with Crippen molar-refractivity contribution in [3.63, 3.8) is 0 Å². The summed E-state index contributed by atoms with van der Waals surface area (Å²) in [6.07, 6.45) is 4.82. The molecule has 12 heteroatoms. The van der Waals surface area contributed by atoms with Gasteiger partial charge >= 0.3 is 5.91 Å². The minimum absolute atomic E-state index is 0.0361. The smallest absolute Gasteiger partial charge is 0.305 e. The second-order valence-corrected chi connectivity index (χ2v) is 7.63. The first kappa shape index (κ1) is 23.3. The summed E-state index contributed by atoms with van der Waals surface area (Å²) in [7, 11) is 0. The highest BCUT2D eigenvalue weighted by molar-refractivity contribution is 6.07. The number of amides is 3. The number of hydrogen-bond acceptors (Lipinski definition) is 8. The van der Waals surface area contributed by atoms with Gasteiger partial charge in [0.05, 0.1) is 16.2 Å². The number of aryl methyl sites for hydroxylation is 1. The molecule has 4 rings (SSSR count). The molecule has 35 heavy (non-hydrogen) atoms. The minimum Gasteiger partial charge on any atom is -0.455 e. The average Bonchev–Trinajstić information content (AvgIpc) is 3.23. The Labute approximate surface area is 198 Å². The molecule has 2 heterocycles. The SMILES string of the molecule is Cc1c(C(=O)NNC(=O)c2ccccc2[N+](=O)[O-])oc2c1/C(=N/NC(=O)c1cccnc1)CCC2. The summed E-state index contributed by atoms with van der Waals surface area (Å²) in [6.45, 7) is 1.67. The number of nitrogens with one attached hydrogen (secondary N) is 3. The van der Waals surface area contributed by atoms with Gasteiger partial charge in [-0.3, -0.25) is 40.3 Å². The molecule has 0 unspecified atom stereocenters. The van der Waals surface area contributed by atoms with Crippen molar-refractivity contribution in [2.45, 2.75) is 26.2 Å². The van der Waals surface area contributed by atoms with E-state index in [4.69, 9.17) is 4.42 Å². The normalized spacial score (nSPS) is 13.6. The van der Waals surface area contributed by atoms with Gasteiger partial charge in [-0.05, 0) is 38.0 Å². The molecule has 0 saturated heterocycles. The zero-order chi connectivity index (χ0) is 24.9. The molecular weight excluding hydrogens is 456 g/mol. The molecule has 0 saturated carbocycles. The lowest BCUT2D eigenvalue weighted by atomic mass is 9.93. The van der Waals surface area contributed by atoms with Gasteiger partial charge in [0.2, 0.25) is 0 Å². The molecule has 3 N–H and O–H groups in total. The van der Waals surface area contributed by atoms with Gasteiger partial charge in [0.15, 0.2) is 5.76 Å². The van der Waals surface area contributed by atoms with Crippen molar-refractivity contribution in [1.82, 2.24) is 21.3 Å². The Kier molecular flexibility index (Phi) is 6.62. The predicted octanol–water partition coefficient (Wildman–Crippen LogP) is 2.44. The summed E-state index contributed by atoms with van der Waals surface area (Å²) in [5, 5.41) is 15.4. The van der Waals surface area contributed by atoms with Crippen LogP contribution in [0, 0.1) is 17.0 Å². The molecule has 0 radical (unpaired) electrons. The molecule has 0 atom stereocenters. The van der Waals surface area contributed by atoms with Gasteiger partial charge in [0, 0.05) is 36.0 Å². The molecule has 12 nitrogen and oxygen atoms in total. The number of rotatable bonds is 5. The maximum Gasteiger partial charge on any atom is 0.305 e. The number of furan rings is 1. The van der Waals surface area contributed by atoms with Crippen LogP contribution < -0.4 is 16.3 Å². The van der Waals surface area contributed by atoms with Crippen molar-refractivity contribution in [1.29, 1.82) is 0 Å². The fourth-order valence-electron chi connectivity index (χ4n) is 3.74. The number of carbonyl (C=O) groups excluding carboxylic acids is 3. The van der Waals surface area contributed by atoms with Crippen molar-refractivity contribution in [3.8, 4) is 0 Å². The van der Waals surface area contributed by atoms with Crippen LogP contribution in [0.25, 0.3) is 0 Å². The number of nitro benzene ring substituents is 1. The van der Waals surface area contributed by atoms with Crippen LogP contribution in [-0.2, 0) is 6.42 Å². The van der Waals surface area contributed by atoms with Crippen molar-refractivity contribution >= 4 is 29.1 Å². The monoisotopic (exact) mass is 476 g/mol. The van der Waals surface area contributed by atoms with Crippen LogP contribution in [0.1, 0.15) is 61.0 Å². The number of pyridine rings is 1. The van der Waals surface area contributed by atoms with Crippen molar-refractivity contribution in [2.75, 3.05) is 0 Å². The van der Waals surface area contributed by atoms with Crippen LogP contribution in [0.2, 0.25) is 0 Å². The Morgan fingerprint density at radius 3 is 2.57 bits per heavy atom. The summed E-state index contributed by atoms with van der Waals surface area (Å²) < 4.78 is 5.75. The van der Waals surface area contributed by atoms with Gasteiger partial charge in [-0.2, -0.15) is 5.10 Å². The van der Waals surface area contributed by atoms with E-state index in [0.29, 0.717) is 47.4 Å². The third kappa shape index (κ3) is 4.90. The third-order valence-corrected chi connectivity index (χ3v) is 5.38. The molecule has 1 aliphatic rings. The number of hydrazone groups is 1. The zero-order valence-corrected chi connectivity index (χ0v) is 18.5. The lowest BCUT2D eigenvalue weighted by Crippen LogP contribution is -2.42. The van der Waals surface area contributed by atoms with Gasteiger partial charge in [0.25, 0.3) is 17.5 Å². The quantitative estimate of drug-likeness (QED) is 0.375. The molecule has 1 aliphatic carbocycles. The number of nitrogens with zero attached hydrogens (tertiary/aromatic N) is 3. The molecule has 0 spiro atoms. The number of carbonyl (C=O) groups is 3. The number of aromatic nitrogens is 1. The summed E-state index contributed by atoms with van der Waals surface area (Å²) >= 11 is 0. The second kappa shape index (κ2) is 9.95. The van der Waals surface area contributed by atoms with Crippen LogP contribution in [0.15, 0.2) is 58.3 Å². The number of hydrogen-bond donors (Lipinski definition) is 3. The van der Waals surface area contributed by atoms with Gasteiger partial charge < -0.3 is 4.42 Å². The highest BCUT2D eigenvalue weighted by atomic mass is 16.6. The van der Waals surface area contributed by atoms with Gasteiger partial charge in [-0.1, -0.05) is 12.1 Å². The number of nitro groups is 1.